The van der Waals surface area contributed by atoms with Crippen LogP contribution in [0.3, 0.4) is 0 Å². The summed E-state index contributed by atoms with van der Waals surface area (Å²) in [5.74, 6) is 0.0448. The Balaban J connectivity index is 1.25. The van der Waals surface area contributed by atoms with Crippen molar-refractivity contribution >= 4 is 32.4 Å². The van der Waals surface area contributed by atoms with Crippen LogP contribution < -0.4 is 9.62 Å². The van der Waals surface area contributed by atoms with Crippen LogP contribution in [0.4, 0.5) is 5.69 Å². The molecule has 2 heterocycles. The predicted molar refractivity (Wildman–Crippen MR) is 139 cm³/mol. The van der Waals surface area contributed by atoms with Gasteiger partial charge in [0.25, 0.3) is 5.91 Å². The summed E-state index contributed by atoms with van der Waals surface area (Å²) in [4.78, 5) is 21.8. The zero-order chi connectivity index (χ0) is 24.6. The van der Waals surface area contributed by atoms with Gasteiger partial charge >= 0.3 is 0 Å². The molecule has 1 atom stereocenters. The van der Waals surface area contributed by atoms with Crippen LogP contribution in [0.5, 0.6) is 0 Å². The van der Waals surface area contributed by atoms with Crippen molar-refractivity contribution in [2.24, 2.45) is 0 Å². The first-order chi connectivity index (χ1) is 16.8. The zero-order valence-electron chi connectivity index (χ0n) is 20.3. The minimum Gasteiger partial charge on any atom is -0.371 e. The standard InChI is InChI=1S/C27H32N4O3S/c1-3-35(33,34)29-26-9-7-19-4-5-21(17-25(19)26)27(32)30(2)23-11-14-31(15-12-23)24-8-6-22-18-28-13-10-20(22)16-24/h4-6,8,10,13,16-18,23,26,29H,3,7,9,11-12,14-15H2,1-2H3. The normalized spacial score (nSPS) is 18.6. The molecule has 2 aliphatic rings. The van der Waals surface area contributed by atoms with Crippen LogP contribution in [0.15, 0.2) is 54.9 Å². The molecule has 3 aromatic rings. The van der Waals surface area contributed by atoms with Gasteiger partial charge in [0.15, 0.2) is 0 Å². The second-order valence-electron chi connectivity index (χ2n) is 9.57. The Morgan fingerprint density at radius 3 is 2.66 bits per heavy atom. The molecule has 8 heteroatoms. The van der Waals surface area contributed by atoms with Crippen LogP contribution in [0, 0.1) is 0 Å². The van der Waals surface area contributed by atoms with E-state index in [1.807, 2.05) is 48.6 Å². The molecule has 0 spiro atoms. The number of nitrogens with zero attached hydrogens (tertiary/aromatic N) is 3. The lowest BCUT2D eigenvalue weighted by Gasteiger charge is -2.38. The number of amides is 1. The highest BCUT2D eigenvalue weighted by Crippen LogP contribution is 2.33. The van der Waals surface area contributed by atoms with Gasteiger partial charge in [0, 0.05) is 61.3 Å². The summed E-state index contributed by atoms with van der Waals surface area (Å²) >= 11 is 0. The topological polar surface area (TPSA) is 82.6 Å². The van der Waals surface area contributed by atoms with Gasteiger partial charge in [0.05, 0.1) is 5.75 Å². The highest BCUT2D eigenvalue weighted by atomic mass is 32.2. The van der Waals surface area contributed by atoms with Crippen molar-refractivity contribution in [3.63, 3.8) is 0 Å². The third-order valence-corrected chi connectivity index (χ3v) is 8.90. The van der Waals surface area contributed by atoms with Crippen LogP contribution in [-0.2, 0) is 16.4 Å². The van der Waals surface area contributed by atoms with Crippen LogP contribution in [0.1, 0.15) is 53.7 Å². The molecule has 1 unspecified atom stereocenters. The lowest BCUT2D eigenvalue weighted by atomic mass is 10.00. The average Bonchev–Trinajstić information content (AvgIpc) is 3.28. The first kappa shape index (κ1) is 23.8. The van der Waals surface area contributed by atoms with E-state index in [1.165, 1.54) is 11.1 Å². The van der Waals surface area contributed by atoms with Crippen molar-refractivity contribution in [1.29, 1.82) is 0 Å². The Kier molecular flexibility index (Phi) is 6.51. The molecule has 1 aromatic heterocycles. The van der Waals surface area contributed by atoms with Crippen molar-refractivity contribution in [2.45, 2.75) is 44.7 Å². The molecule has 1 saturated heterocycles. The van der Waals surface area contributed by atoms with E-state index >= 15 is 0 Å². The molecule has 1 amide bonds. The van der Waals surface area contributed by atoms with Gasteiger partial charge in [0.1, 0.15) is 0 Å². The summed E-state index contributed by atoms with van der Waals surface area (Å²) in [6, 6.07) is 14.2. The fraction of sp³-hybridized carbons (Fsp3) is 0.407. The molecule has 0 radical (unpaired) electrons. The van der Waals surface area contributed by atoms with E-state index in [-0.39, 0.29) is 23.7 Å². The lowest BCUT2D eigenvalue weighted by molar-refractivity contribution is 0.0709. The number of carbonyl (C=O) groups is 1. The molecule has 1 fully saturated rings. The molecule has 0 bridgehead atoms. The molecule has 0 saturated carbocycles. The van der Waals surface area contributed by atoms with E-state index in [4.69, 9.17) is 0 Å². The number of sulfonamides is 1. The van der Waals surface area contributed by atoms with Gasteiger partial charge in [-0.25, -0.2) is 13.1 Å². The molecule has 1 aliphatic carbocycles. The van der Waals surface area contributed by atoms with Crippen molar-refractivity contribution in [1.82, 2.24) is 14.6 Å². The van der Waals surface area contributed by atoms with E-state index in [9.17, 15) is 13.2 Å². The van der Waals surface area contributed by atoms with E-state index in [1.54, 1.807) is 6.92 Å². The number of benzene rings is 2. The predicted octanol–water partition coefficient (Wildman–Crippen LogP) is 3.90. The van der Waals surface area contributed by atoms with Crippen LogP contribution in [-0.4, -0.2) is 56.1 Å². The van der Waals surface area contributed by atoms with Gasteiger partial charge in [-0.3, -0.25) is 9.78 Å². The lowest BCUT2D eigenvalue weighted by Crippen LogP contribution is -2.45. The van der Waals surface area contributed by atoms with Gasteiger partial charge in [-0.05, 0) is 79.5 Å². The Bertz CT molecular complexity index is 1350. The monoisotopic (exact) mass is 492 g/mol. The molecule has 184 valence electrons. The number of hydrogen-bond donors (Lipinski definition) is 1. The third kappa shape index (κ3) is 4.90. The number of rotatable bonds is 6. The molecule has 2 aromatic carbocycles. The summed E-state index contributed by atoms with van der Waals surface area (Å²) in [7, 11) is -1.42. The Morgan fingerprint density at radius 1 is 1.09 bits per heavy atom. The van der Waals surface area contributed by atoms with Gasteiger partial charge in [-0.2, -0.15) is 0 Å². The highest BCUT2D eigenvalue weighted by molar-refractivity contribution is 7.89. The fourth-order valence-electron chi connectivity index (χ4n) is 5.31. The number of aromatic nitrogens is 1. The minimum absolute atomic E-state index is 0.00606. The van der Waals surface area contributed by atoms with Crippen LogP contribution in [0.2, 0.25) is 0 Å². The van der Waals surface area contributed by atoms with Gasteiger partial charge in [-0.15, -0.1) is 0 Å². The first-order valence-electron chi connectivity index (χ1n) is 12.3. The number of pyridine rings is 1. The summed E-state index contributed by atoms with van der Waals surface area (Å²) in [5, 5.41) is 2.32. The number of carbonyl (C=O) groups excluding carboxylic acids is 1. The minimum atomic E-state index is -3.31. The molecule has 1 aliphatic heterocycles. The van der Waals surface area contributed by atoms with Gasteiger partial charge < -0.3 is 9.80 Å². The number of anilines is 1. The maximum Gasteiger partial charge on any atom is 0.253 e. The zero-order valence-corrected chi connectivity index (χ0v) is 21.1. The number of aryl methyl sites for hydroxylation is 1. The first-order valence-corrected chi connectivity index (χ1v) is 14.0. The molecular formula is C27H32N4O3S. The highest BCUT2D eigenvalue weighted by Gasteiger charge is 2.29. The SMILES string of the molecule is CCS(=O)(=O)NC1CCc2ccc(C(=O)N(C)C3CCN(c4ccc5cnccc5c4)CC3)cc21. The fourth-order valence-corrected chi connectivity index (χ4v) is 6.15. The largest absolute Gasteiger partial charge is 0.371 e. The molecule has 1 N–H and O–H groups in total. The average molecular weight is 493 g/mol. The van der Waals surface area contributed by atoms with Gasteiger partial charge in [0.2, 0.25) is 10.0 Å². The van der Waals surface area contributed by atoms with Crippen molar-refractivity contribution in [2.75, 3.05) is 30.8 Å². The molecule has 35 heavy (non-hydrogen) atoms. The van der Waals surface area contributed by atoms with Crippen molar-refractivity contribution in [3.8, 4) is 0 Å². The maximum absolute atomic E-state index is 13.4. The number of fused-ring (bicyclic) bond motifs is 2. The van der Waals surface area contributed by atoms with E-state index in [0.29, 0.717) is 5.56 Å². The van der Waals surface area contributed by atoms with Crippen LogP contribution >= 0.6 is 0 Å². The maximum atomic E-state index is 13.4. The second-order valence-corrected chi connectivity index (χ2v) is 11.6. The van der Waals surface area contributed by atoms with Crippen LogP contribution in [0.25, 0.3) is 10.8 Å². The molecule has 5 rings (SSSR count). The Hall–Kier alpha value is -2.97. The summed E-state index contributed by atoms with van der Waals surface area (Å²) < 4.78 is 27.0. The number of piperidine rings is 1. The van der Waals surface area contributed by atoms with Gasteiger partial charge in [-0.1, -0.05) is 12.1 Å². The summed E-state index contributed by atoms with van der Waals surface area (Å²) in [6.07, 6.45) is 7.05. The van der Waals surface area contributed by atoms with Crippen molar-refractivity contribution < 1.29 is 13.2 Å². The number of hydrogen-bond acceptors (Lipinski definition) is 5. The summed E-state index contributed by atoms with van der Waals surface area (Å²) in [6.45, 7) is 3.42. The summed E-state index contributed by atoms with van der Waals surface area (Å²) in [5.41, 5.74) is 3.88. The second kappa shape index (κ2) is 9.59. The van der Waals surface area contributed by atoms with E-state index in [2.05, 4.69) is 32.8 Å². The third-order valence-electron chi connectivity index (χ3n) is 7.49. The Labute approximate surface area is 207 Å². The molecule has 7 nitrogen and oxygen atoms in total. The number of nitrogens with one attached hydrogen (secondary N) is 1. The quantitative estimate of drug-likeness (QED) is 0.564. The van der Waals surface area contributed by atoms with E-state index in [0.717, 1.165) is 55.3 Å². The smallest absolute Gasteiger partial charge is 0.253 e. The van der Waals surface area contributed by atoms with Crippen molar-refractivity contribution in [3.05, 3.63) is 71.5 Å². The Morgan fingerprint density at radius 2 is 1.89 bits per heavy atom. The van der Waals surface area contributed by atoms with E-state index < -0.39 is 10.0 Å². The molecular weight excluding hydrogens is 460 g/mol.